The van der Waals surface area contributed by atoms with Gasteiger partial charge in [0.25, 0.3) is 10.5 Å². The number of aromatic nitrogens is 3. The van der Waals surface area contributed by atoms with E-state index in [9.17, 15) is 29.7 Å². The number of hydrogen-bond acceptors (Lipinski definition) is 15. The van der Waals surface area contributed by atoms with Crippen LogP contribution in [-0.2, 0) is 38.9 Å². The number of nitrogens with zero attached hydrogens (tertiary/aromatic N) is 8. The molecule has 0 saturated heterocycles. The molecule has 4 aliphatic carbocycles. The molecule has 4 fully saturated rings. The third-order valence-corrected chi connectivity index (χ3v) is 32.3. The molecule has 21 heteroatoms. The summed E-state index contributed by atoms with van der Waals surface area (Å²) in [4.78, 5) is 55.5. The maximum Gasteiger partial charge on any atom is 0.374 e. The molecule has 0 radical (unpaired) electrons. The minimum atomic E-state index is -0.905. The smallest absolute Gasteiger partial charge is 0.374 e. The minimum Gasteiger partial charge on any atom is -1.00 e. The van der Waals surface area contributed by atoms with Gasteiger partial charge in [-0.2, -0.15) is 4.57 Å². The third kappa shape index (κ3) is 19.9. The number of aliphatic hydroxyl groups is 1. The SMILES string of the molecule is COc1cc(/C=C2\C(=O)ON=C2c2ccccc2)cc2c1N(c1ccccc1)C1CCCC21.Cc1cccc(N2c3ccc(/C=C/c4nc5ccccc5s4)cc3C3CCCC32)c1.O=C(O)C[n+]1c(/C=C/c2ccc3c(c2)C2CCCC2N3c2ccc(C=C(c3ccccc3)c3ccccc3)cc2)oc2ccccc21.O=C(O)C[n+]1c(/C=C/c2ccc3c(c2)C2CCCC2N3c2ccc(CO)cc2)sc2ccccc21.[Br-].[Br-]. The number of aliphatic hydroxyl groups excluding tert-OH is 1. The van der Waals surface area contributed by atoms with Gasteiger partial charge in [0.1, 0.15) is 21.2 Å². The third-order valence-electron chi connectivity index (χ3n) is 30.2. The van der Waals surface area contributed by atoms with Gasteiger partial charge in [-0.1, -0.05) is 248 Å². The van der Waals surface area contributed by atoms with E-state index >= 15 is 0 Å². The molecule has 8 heterocycles. The van der Waals surface area contributed by atoms with Crippen LogP contribution in [0.5, 0.6) is 5.75 Å². The zero-order valence-corrected chi connectivity index (χ0v) is 86.3. The van der Waals surface area contributed by atoms with Gasteiger partial charge in [-0.3, -0.25) is 0 Å². The standard InChI is InChI=1S/C42H34N2O3.C29H26N2O3S.C28H24N2O3.C27H24N2S.2BrH/c45-42(46)28-43-39-15-7-8-17-40(39)47-41(43)25-21-30-20-24-38-36(27-30)34-14-9-16-37(34)44(38)33-22-18-29(19-23-33)26-35(31-10-3-1-4-11-31)32-12-5-2-6-13-32;32-18-20-8-12-21(13-9-20)31-24-6-3-4-22(24)23-16-19(10-14-25(23)31)11-15-28-30(17-29(33)34)26-5-1-2-7-27(26)35-28;1-32-25-17-18(16-23-26(29-33-28(23)31)19-9-4-2-5-10-19)15-22-21-13-8-14-24(21)30(27(22)25)20-11-6-3-7-12-20;1-18-6-4-7-20(16-18)29-24-10-5-8-21(24)22-17-19(12-14-25(22)29)13-15-27-28-23-9-2-3-11-26(23)30-27;;/h1-8,10-13,15,17-27,34,37H,9,14,16,28H2;1-2,5,7-16,22,24,32H,3-4,6,17-18H2;2-7,9-12,15-17,21,24H,8,13-14H2,1H3;2-4,6-7,9,11-17,21,24H,5,8,10H2,1H3;2*1H/b;;23-16-;15-13+;;. The second-order valence-corrected chi connectivity index (χ2v) is 41.1. The van der Waals surface area contributed by atoms with Crippen molar-refractivity contribution in [1.82, 2.24) is 4.98 Å². The van der Waals surface area contributed by atoms with E-state index in [-0.39, 0.29) is 53.7 Å². The Morgan fingerprint density at radius 3 is 1.49 bits per heavy atom. The number of aryl methyl sites for hydroxylation is 1. The van der Waals surface area contributed by atoms with Crippen LogP contribution in [0.4, 0.5) is 45.5 Å². The lowest BCUT2D eigenvalue weighted by Crippen LogP contribution is -3.00. The van der Waals surface area contributed by atoms with E-state index in [4.69, 9.17) is 19.0 Å². The highest BCUT2D eigenvalue weighted by molar-refractivity contribution is 7.19. The minimum absolute atomic E-state index is 0. The van der Waals surface area contributed by atoms with E-state index in [1.165, 1.54) is 164 Å². The Labute approximate surface area is 884 Å². The molecular weight excluding hydrogens is 1990 g/mol. The maximum absolute atomic E-state index is 12.5. The number of rotatable bonds is 21. The van der Waals surface area contributed by atoms with Crippen molar-refractivity contribution < 1.29 is 86.8 Å². The largest absolute Gasteiger partial charge is 1.00 e. The molecule has 8 atom stereocenters. The van der Waals surface area contributed by atoms with E-state index in [2.05, 4.69) is 280 Å². The van der Waals surface area contributed by atoms with E-state index < -0.39 is 17.9 Å². The average Bonchev–Trinajstić information content (AvgIpc) is 1.59. The molecule has 0 bridgehead atoms. The number of halogens is 2. The number of para-hydroxylation sites is 5. The monoisotopic (exact) mass is 2100 g/mol. The topological polar surface area (TPSA) is 189 Å². The van der Waals surface area contributed by atoms with Crippen LogP contribution in [0.2, 0.25) is 0 Å². The fraction of sp³-hybridized carbons (Fsp3) is 0.198. The van der Waals surface area contributed by atoms with Crippen LogP contribution in [0, 0.1) is 6.92 Å². The van der Waals surface area contributed by atoms with Crippen molar-refractivity contribution in [2.24, 2.45) is 5.16 Å². The summed E-state index contributed by atoms with van der Waals surface area (Å²) < 4.78 is 17.8. The lowest BCUT2D eigenvalue weighted by atomic mass is 9.94. The van der Waals surface area contributed by atoms with Crippen LogP contribution in [0.25, 0.3) is 85.7 Å². The fourth-order valence-electron chi connectivity index (χ4n) is 23.9. The number of carboxylic acid groups (broad SMARTS) is 2. The molecule has 4 saturated carbocycles. The van der Waals surface area contributed by atoms with E-state index in [1.54, 1.807) is 34.4 Å². The molecule has 9 aliphatic rings. The van der Waals surface area contributed by atoms with Gasteiger partial charge in [-0.05, 0) is 288 Å². The second kappa shape index (κ2) is 43.4. The number of carboxylic acids is 2. The molecule has 0 amide bonds. The highest BCUT2D eigenvalue weighted by Crippen LogP contribution is 2.59. The molecule has 14 aromatic carbocycles. The summed E-state index contributed by atoms with van der Waals surface area (Å²) in [6, 6.07) is 118. The number of aliphatic carboxylic acids is 2. The van der Waals surface area contributed by atoms with Gasteiger partial charge >= 0.3 is 23.8 Å². The lowest BCUT2D eigenvalue weighted by Gasteiger charge is -2.28. The van der Waals surface area contributed by atoms with Crippen molar-refractivity contribution in [2.45, 2.75) is 152 Å². The number of thiazole rings is 2. The number of hydrogen-bond donors (Lipinski definition) is 3. The first-order valence-corrected chi connectivity index (χ1v) is 52.2. The van der Waals surface area contributed by atoms with Gasteiger partial charge in [0.05, 0.1) is 41.3 Å². The summed E-state index contributed by atoms with van der Waals surface area (Å²) in [7, 11) is 1.71. The van der Waals surface area contributed by atoms with Crippen molar-refractivity contribution in [3.8, 4) is 5.75 Å². The van der Waals surface area contributed by atoms with Crippen LogP contribution in [0.3, 0.4) is 0 Å². The summed E-state index contributed by atoms with van der Waals surface area (Å²) in [6.07, 6.45) is 31.2. The Hall–Kier alpha value is -15.0. The molecule has 734 valence electrons. The zero-order valence-electron chi connectivity index (χ0n) is 81.5. The fourth-order valence-corrected chi connectivity index (χ4v) is 25.8. The van der Waals surface area contributed by atoms with E-state index in [1.807, 2.05) is 138 Å². The zero-order chi connectivity index (χ0) is 98.1. The number of anilines is 8. The number of carbonyl (C=O) groups is 3. The molecule has 17 nitrogen and oxygen atoms in total. The summed E-state index contributed by atoms with van der Waals surface area (Å²) >= 11 is 3.36. The van der Waals surface area contributed by atoms with Gasteiger partial charge in [-0.25, -0.2) is 19.4 Å². The molecule has 8 unspecified atom stereocenters. The normalized spacial score (nSPS) is 19.0. The summed E-state index contributed by atoms with van der Waals surface area (Å²) in [6.45, 7) is 2.03. The number of ether oxygens (including phenoxy) is 1. The number of carbonyl (C=O) groups excluding carboxylic acids is 1. The number of oxime groups is 1. The highest BCUT2D eigenvalue weighted by atomic mass is 79.9. The van der Waals surface area contributed by atoms with Gasteiger partial charge in [0.15, 0.2) is 0 Å². The summed E-state index contributed by atoms with van der Waals surface area (Å²) in [5.74, 6) is 1.28. The van der Waals surface area contributed by atoms with Gasteiger partial charge in [0, 0.05) is 111 Å². The van der Waals surface area contributed by atoms with Crippen molar-refractivity contribution >= 4 is 178 Å². The first kappa shape index (κ1) is 98.1. The Kier molecular flexibility index (Phi) is 28.9. The van der Waals surface area contributed by atoms with Crippen molar-refractivity contribution in [3.63, 3.8) is 0 Å². The Balaban J connectivity index is 0.000000116. The molecule has 147 heavy (non-hydrogen) atoms. The molecule has 26 rings (SSSR count). The number of benzene rings is 14. The number of methoxy groups -OCH3 is 1. The van der Waals surface area contributed by atoms with Crippen LogP contribution < -0.4 is 67.4 Å². The molecule has 17 aromatic rings. The summed E-state index contributed by atoms with van der Waals surface area (Å²) in [5, 5.41) is 34.4. The number of fused-ring (bicyclic) bond motifs is 15. The quantitative estimate of drug-likeness (QED) is 0.0267. The molecule has 3 N–H and O–H groups in total. The molecule has 3 aromatic heterocycles. The summed E-state index contributed by atoms with van der Waals surface area (Å²) in [5.41, 5.74) is 32.4. The van der Waals surface area contributed by atoms with Gasteiger partial charge in [-0.15, -0.1) is 15.9 Å². The van der Waals surface area contributed by atoms with E-state index in [0.29, 0.717) is 70.6 Å². The maximum atomic E-state index is 12.5. The Morgan fingerprint density at radius 1 is 0.442 bits per heavy atom. The lowest BCUT2D eigenvalue weighted by molar-refractivity contribution is -0.666. The number of oxazole rings is 1. The Morgan fingerprint density at radius 2 is 0.918 bits per heavy atom. The second-order valence-electron chi connectivity index (χ2n) is 38.9. The predicted molar refractivity (Wildman–Crippen MR) is 586 cm³/mol. The average molecular weight is 2100 g/mol. The van der Waals surface area contributed by atoms with Crippen molar-refractivity contribution in [3.05, 3.63) is 433 Å². The van der Waals surface area contributed by atoms with E-state index in [0.717, 1.165) is 83.4 Å². The van der Waals surface area contributed by atoms with Crippen LogP contribution >= 0.6 is 22.7 Å². The first-order valence-electron chi connectivity index (χ1n) is 50.5. The molecular formula is C126H110Br2N8O9S2. The van der Waals surface area contributed by atoms with Crippen molar-refractivity contribution in [1.29, 1.82) is 0 Å². The van der Waals surface area contributed by atoms with Crippen LogP contribution in [-0.4, -0.2) is 75.2 Å². The first-order chi connectivity index (χ1) is 71.2. The van der Waals surface area contributed by atoms with Crippen LogP contribution in [0.15, 0.2) is 349 Å². The van der Waals surface area contributed by atoms with Crippen LogP contribution in [0.1, 0.15) is 195 Å². The van der Waals surface area contributed by atoms with Gasteiger partial charge < -0.3 is 82.9 Å². The van der Waals surface area contributed by atoms with Gasteiger partial charge in [0.2, 0.25) is 24.2 Å². The highest BCUT2D eigenvalue weighted by Gasteiger charge is 2.48. The predicted octanol–water partition coefficient (Wildman–Crippen LogP) is 22.5. The molecule has 5 aliphatic heterocycles. The Bertz CT molecular complexity index is 7910. The molecule has 0 spiro atoms. The van der Waals surface area contributed by atoms with Crippen molar-refractivity contribution in [2.75, 3.05) is 26.7 Å².